The number of allylic oxidation sites excluding steroid dienone is 1. The molecule has 10 heteroatoms. The fraction of sp³-hybridized carbons (Fsp3) is 0.217. The van der Waals surface area contributed by atoms with Crippen LogP contribution in [0.25, 0.3) is 0 Å². The fourth-order valence-electron chi connectivity index (χ4n) is 3.00. The molecule has 0 radical (unpaired) electrons. The molecule has 0 aliphatic heterocycles. The molecule has 0 bridgehead atoms. The summed E-state index contributed by atoms with van der Waals surface area (Å²) in [5.74, 6) is 0.319. The average molecular weight is 549 g/mol. The molecule has 0 aliphatic carbocycles. The number of aromatic nitrogens is 3. The highest BCUT2D eigenvalue weighted by Crippen LogP contribution is 2.26. The summed E-state index contributed by atoms with van der Waals surface area (Å²) in [6.07, 6.45) is 1.71. The molecule has 0 atom stereocenters. The zero-order chi connectivity index (χ0) is 24.0. The van der Waals surface area contributed by atoms with E-state index in [0.29, 0.717) is 28.1 Å². The van der Waals surface area contributed by atoms with Crippen molar-refractivity contribution >= 4 is 56.8 Å². The van der Waals surface area contributed by atoms with Crippen molar-refractivity contribution in [2.45, 2.75) is 32.1 Å². The molecule has 3 aromatic rings. The molecule has 0 spiro atoms. The van der Waals surface area contributed by atoms with Crippen LogP contribution in [0.15, 0.2) is 58.7 Å². The Labute approximate surface area is 210 Å². The van der Waals surface area contributed by atoms with E-state index in [1.54, 1.807) is 30.3 Å². The number of carbonyl (C=O) groups excluding carboxylic acids is 2. The normalized spacial score (nSPS) is 10.7. The summed E-state index contributed by atoms with van der Waals surface area (Å²) in [6, 6.07) is 10.5. The van der Waals surface area contributed by atoms with E-state index in [9.17, 15) is 9.59 Å². The van der Waals surface area contributed by atoms with Crippen LogP contribution >= 0.6 is 39.3 Å². The van der Waals surface area contributed by atoms with Crippen molar-refractivity contribution in [1.29, 1.82) is 0 Å². The monoisotopic (exact) mass is 547 g/mol. The lowest BCUT2D eigenvalue weighted by Gasteiger charge is -2.12. The summed E-state index contributed by atoms with van der Waals surface area (Å²) in [7, 11) is 0. The van der Waals surface area contributed by atoms with E-state index < -0.39 is 0 Å². The number of thioether (sulfide) groups is 1. The molecule has 1 heterocycles. The van der Waals surface area contributed by atoms with Crippen LogP contribution in [0.1, 0.15) is 27.3 Å². The number of amides is 2. The quantitative estimate of drug-likeness (QED) is 0.285. The molecule has 172 valence electrons. The predicted molar refractivity (Wildman–Crippen MR) is 136 cm³/mol. The molecule has 0 saturated heterocycles. The Balaban J connectivity index is 1.63. The predicted octanol–water partition coefficient (Wildman–Crippen LogP) is 5.16. The smallest absolute Gasteiger partial charge is 0.251 e. The third-order valence-corrected chi connectivity index (χ3v) is 6.99. The Kier molecular flexibility index (Phi) is 8.71. The molecule has 0 aliphatic rings. The topological polar surface area (TPSA) is 88.9 Å². The van der Waals surface area contributed by atoms with Gasteiger partial charge in [-0.3, -0.25) is 9.59 Å². The van der Waals surface area contributed by atoms with Crippen molar-refractivity contribution in [2.24, 2.45) is 0 Å². The SMILES string of the molecule is C=CCn1c(CNC(=O)c2cccc(Cl)c2)nnc1SCC(=O)Nc1ccc(Br)c(C)c1C. The number of nitrogens with one attached hydrogen (secondary N) is 2. The summed E-state index contributed by atoms with van der Waals surface area (Å²) in [5, 5.41) is 15.2. The molecule has 2 amide bonds. The maximum Gasteiger partial charge on any atom is 0.251 e. The van der Waals surface area contributed by atoms with Crippen LogP contribution in [0.4, 0.5) is 5.69 Å². The maximum atomic E-state index is 12.5. The Morgan fingerprint density at radius 1 is 1.21 bits per heavy atom. The summed E-state index contributed by atoms with van der Waals surface area (Å²) in [6.45, 7) is 8.36. The van der Waals surface area contributed by atoms with Gasteiger partial charge in [-0.2, -0.15) is 0 Å². The minimum absolute atomic E-state index is 0.145. The number of rotatable bonds is 9. The number of nitrogens with zero attached hydrogens (tertiary/aromatic N) is 3. The van der Waals surface area contributed by atoms with Crippen molar-refractivity contribution in [3.8, 4) is 0 Å². The van der Waals surface area contributed by atoms with Gasteiger partial charge in [0.25, 0.3) is 5.91 Å². The lowest BCUT2D eigenvalue weighted by atomic mass is 10.1. The van der Waals surface area contributed by atoms with Gasteiger partial charge in [0.2, 0.25) is 5.91 Å². The summed E-state index contributed by atoms with van der Waals surface area (Å²) < 4.78 is 2.82. The molecule has 0 saturated carbocycles. The van der Waals surface area contributed by atoms with Crippen LogP contribution in [-0.2, 0) is 17.9 Å². The van der Waals surface area contributed by atoms with E-state index in [1.165, 1.54) is 11.8 Å². The van der Waals surface area contributed by atoms with Crippen LogP contribution in [0.3, 0.4) is 0 Å². The number of benzene rings is 2. The van der Waals surface area contributed by atoms with E-state index in [4.69, 9.17) is 11.6 Å². The van der Waals surface area contributed by atoms with Crippen molar-refractivity contribution in [3.05, 3.63) is 81.1 Å². The van der Waals surface area contributed by atoms with Crippen molar-refractivity contribution in [3.63, 3.8) is 0 Å². The second kappa shape index (κ2) is 11.5. The first-order chi connectivity index (χ1) is 15.8. The highest BCUT2D eigenvalue weighted by Gasteiger charge is 2.16. The highest BCUT2D eigenvalue weighted by atomic mass is 79.9. The molecule has 33 heavy (non-hydrogen) atoms. The Morgan fingerprint density at radius 3 is 2.73 bits per heavy atom. The largest absolute Gasteiger partial charge is 0.345 e. The molecule has 3 rings (SSSR count). The van der Waals surface area contributed by atoms with Gasteiger partial charge in [-0.1, -0.05) is 51.4 Å². The zero-order valence-corrected chi connectivity index (χ0v) is 21.4. The summed E-state index contributed by atoms with van der Waals surface area (Å²) in [5.41, 5.74) is 3.33. The number of hydrogen-bond acceptors (Lipinski definition) is 5. The van der Waals surface area contributed by atoms with Crippen LogP contribution in [0, 0.1) is 13.8 Å². The van der Waals surface area contributed by atoms with Crippen molar-refractivity contribution in [2.75, 3.05) is 11.1 Å². The Morgan fingerprint density at radius 2 is 2.00 bits per heavy atom. The van der Waals surface area contributed by atoms with Gasteiger partial charge in [0.15, 0.2) is 11.0 Å². The van der Waals surface area contributed by atoms with E-state index in [1.807, 2.05) is 30.5 Å². The van der Waals surface area contributed by atoms with Crippen LogP contribution in [0.5, 0.6) is 0 Å². The van der Waals surface area contributed by atoms with E-state index in [-0.39, 0.29) is 24.1 Å². The molecule has 2 N–H and O–H groups in total. The van der Waals surface area contributed by atoms with Crippen molar-refractivity contribution < 1.29 is 9.59 Å². The van der Waals surface area contributed by atoms with E-state index in [2.05, 4.69) is 43.3 Å². The first kappa shape index (κ1) is 25.0. The summed E-state index contributed by atoms with van der Waals surface area (Å²) >= 11 is 10.7. The molecule has 0 fully saturated rings. The molecule has 2 aromatic carbocycles. The zero-order valence-electron chi connectivity index (χ0n) is 18.2. The second-order valence-electron chi connectivity index (χ2n) is 7.17. The average Bonchev–Trinajstić information content (AvgIpc) is 3.18. The van der Waals surface area contributed by atoms with Gasteiger partial charge in [-0.25, -0.2) is 0 Å². The van der Waals surface area contributed by atoms with Gasteiger partial charge >= 0.3 is 0 Å². The number of halogens is 2. The molecule has 1 aromatic heterocycles. The molecule has 0 unspecified atom stereocenters. The minimum Gasteiger partial charge on any atom is -0.345 e. The standard InChI is InChI=1S/C23H23BrClN5O2S/c1-4-10-30-20(12-26-22(32)16-6-5-7-17(25)11-16)28-29-23(30)33-13-21(31)27-19-9-8-18(24)14(2)15(19)3/h4-9,11H,1,10,12-13H2,2-3H3,(H,26,32)(H,27,31). The highest BCUT2D eigenvalue weighted by molar-refractivity contribution is 9.10. The van der Waals surface area contributed by atoms with Crippen LogP contribution in [0.2, 0.25) is 5.02 Å². The number of hydrogen-bond donors (Lipinski definition) is 2. The third kappa shape index (κ3) is 6.46. The van der Waals surface area contributed by atoms with Gasteiger partial charge in [0.05, 0.1) is 12.3 Å². The first-order valence-electron chi connectivity index (χ1n) is 10.0. The molecular formula is C23H23BrClN5O2S. The molecule has 7 nitrogen and oxygen atoms in total. The van der Waals surface area contributed by atoms with E-state index in [0.717, 1.165) is 21.3 Å². The van der Waals surface area contributed by atoms with Crippen molar-refractivity contribution in [1.82, 2.24) is 20.1 Å². The lowest BCUT2D eigenvalue weighted by Crippen LogP contribution is -2.24. The Bertz CT molecular complexity index is 1200. The van der Waals surface area contributed by atoms with Crippen LogP contribution < -0.4 is 10.6 Å². The fourth-order valence-corrected chi connectivity index (χ4v) is 4.39. The molecular weight excluding hydrogens is 526 g/mol. The van der Waals surface area contributed by atoms with E-state index >= 15 is 0 Å². The van der Waals surface area contributed by atoms with Gasteiger partial charge in [-0.05, 0) is 55.3 Å². The van der Waals surface area contributed by atoms with Crippen LogP contribution in [-0.4, -0.2) is 32.3 Å². The van der Waals surface area contributed by atoms with Gasteiger partial charge in [0.1, 0.15) is 0 Å². The third-order valence-electron chi connectivity index (χ3n) is 4.93. The van der Waals surface area contributed by atoms with Gasteiger partial charge < -0.3 is 15.2 Å². The second-order valence-corrected chi connectivity index (χ2v) is 9.41. The number of anilines is 1. The van der Waals surface area contributed by atoms with Gasteiger partial charge in [-0.15, -0.1) is 16.8 Å². The minimum atomic E-state index is -0.264. The lowest BCUT2D eigenvalue weighted by molar-refractivity contribution is -0.113. The maximum absolute atomic E-state index is 12.5. The van der Waals surface area contributed by atoms with Gasteiger partial charge in [0, 0.05) is 27.3 Å². The first-order valence-corrected chi connectivity index (χ1v) is 12.2. The number of carbonyl (C=O) groups is 2. The Hall–Kier alpha value is -2.62. The summed E-state index contributed by atoms with van der Waals surface area (Å²) in [4.78, 5) is 24.9.